The lowest BCUT2D eigenvalue weighted by Gasteiger charge is -2.06. The number of carbonyl (C=O) groups excluding carboxylic acids is 1. The zero-order chi connectivity index (χ0) is 12.3. The molecule has 1 saturated carbocycles. The molecule has 2 rings (SSSR count). The summed E-state index contributed by atoms with van der Waals surface area (Å²) in [5.74, 6) is 0.490. The van der Waals surface area contributed by atoms with Crippen molar-refractivity contribution >= 4 is 28.9 Å². The summed E-state index contributed by atoms with van der Waals surface area (Å²) in [5, 5.41) is 5.74. The lowest BCUT2D eigenvalue weighted by atomic mass is 10.4. The molecule has 0 bridgehead atoms. The van der Waals surface area contributed by atoms with Gasteiger partial charge in [-0.3, -0.25) is 4.79 Å². The number of anilines is 1. The van der Waals surface area contributed by atoms with Gasteiger partial charge in [0, 0.05) is 6.04 Å². The molecular weight excluding hydrogens is 238 g/mol. The van der Waals surface area contributed by atoms with Crippen molar-refractivity contribution < 1.29 is 4.79 Å². The molecule has 1 aliphatic carbocycles. The quantitative estimate of drug-likeness (QED) is 0.628. The third-order valence-corrected chi connectivity index (χ3v) is 2.49. The zero-order valence-corrected chi connectivity index (χ0v) is 9.96. The SMILES string of the molecule is NC(=S)c1cnc(NCC(=O)NC2CC2)cn1. The monoisotopic (exact) mass is 251 g/mol. The Morgan fingerprint density at radius 2 is 2.24 bits per heavy atom. The summed E-state index contributed by atoms with van der Waals surface area (Å²) in [4.78, 5) is 19.6. The number of amides is 1. The molecule has 1 fully saturated rings. The van der Waals surface area contributed by atoms with Crippen LogP contribution in [0.4, 0.5) is 5.82 Å². The molecule has 1 aromatic rings. The molecule has 90 valence electrons. The Morgan fingerprint density at radius 3 is 2.76 bits per heavy atom. The minimum absolute atomic E-state index is 0.0345. The number of nitrogens with one attached hydrogen (secondary N) is 2. The molecule has 1 amide bonds. The maximum atomic E-state index is 11.4. The van der Waals surface area contributed by atoms with E-state index in [9.17, 15) is 4.79 Å². The van der Waals surface area contributed by atoms with Gasteiger partial charge in [0.1, 0.15) is 16.5 Å². The lowest BCUT2D eigenvalue weighted by Crippen LogP contribution is -2.31. The van der Waals surface area contributed by atoms with Crippen molar-refractivity contribution in [2.24, 2.45) is 5.73 Å². The first-order chi connectivity index (χ1) is 8.15. The van der Waals surface area contributed by atoms with Gasteiger partial charge in [-0.2, -0.15) is 0 Å². The molecular formula is C10H13N5OS. The van der Waals surface area contributed by atoms with Crippen molar-refractivity contribution in [3.8, 4) is 0 Å². The Kier molecular flexibility index (Phi) is 3.48. The number of hydrogen-bond donors (Lipinski definition) is 3. The number of hydrogen-bond acceptors (Lipinski definition) is 5. The molecule has 1 aliphatic rings. The average molecular weight is 251 g/mol. The molecule has 4 N–H and O–H groups in total. The molecule has 1 aromatic heterocycles. The molecule has 0 aromatic carbocycles. The topological polar surface area (TPSA) is 92.9 Å². The fraction of sp³-hybridized carbons (Fsp3) is 0.400. The zero-order valence-electron chi connectivity index (χ0n) is 9.14. The molecule has 0 saturated heterocycles. The summed E-state index contributed by atoms with van der Waals surface area (Å²) in [6.45, 7) is 0.192. The first-order valence-electron chi connectivity index (χ1n) is 5.30. The lowest BCUT2D eigenvalue weighted by molar-refractivity contribution is -0.119. The van der Waals surface area contributed by atoms with Gasteiger partial charge in [0.25, 0.3) is 0 Å². The second-order valence-electron chi connectivity index (χ2n) is 3.85. The molecule has 0 spiro atoms. The van der Waals surface area contributed by atoms with Crippen molar-refractivity contribution in [3.63, 3.8) is 0 Å². The van der Waals surface area contributed by atoms with Gasteiger partial charge in [-0.25, -0.2) is 9.97 Å². The third-order valence-electron chi connectivity index (χ3n) is 2.28. The number of nitrogens with zero attached hydrogens (tertiary/aromatic N) is 2. The van der Waals surface area contributed by atoms with E-state index in [1.165, 1.54) is 12.4 Å². The molecule has 7 heteroatoms. The Morgan fingerprint density at radius 1 is 1.47 bits per heavy atom. The average Bonchev–Trinajstić information content (AvgIpc) is 3.11. The second kappa shape index (κ2) is 5.05. The Labute approximate surface area is 104 Å². The van der Waals surface area contributed by atoms with E-state index in [0.29, 0.717) is 17.6 Å². The highest BCUT2D eigenvalue weighted by atomic mass is 32.1. The number of aromatic nitrogens is 2. The molecule has 0 radical (unpaired) electrons. The van der Waals surface area contributed by atoms with Gasteiger partial charge in [0.2, 0.25) is 5.91 Å². The van der Waals surface area contributed by atoms with Crippen LogP contribution in [0.2, 0.25) is 0 Å². The van der Waals surface area contributed by atoms with Crippen molar-refractivity contribution in [1.82, 2.24) is 15.3 Å². The summed E-state index contributed by atoms with van der Waals surface area (Å²) < 4.78 is 0. The largest absolute Gasteiger partial charge is 0.388 e. The van der Waals surface area contributed by atoms with Crippen LogP contribution in [0.5, 0.6) is 0 Å². The summed E-state index contributed by atoms with van der Waals surface area (Å²) >= 11 is 4.76. The van der Waals surface area contributed by atoms with E-state index in [1.807, 2.05) is 0 Å². The van der Waals surface area contributed by atoms with Gasteiger partial charge in [-0.1, -0.05) is 12.2 Å². The van der Waals surface area contributed by atoms with Crippen molar-refractivity contribution in [1.29, 1.82) is 0 Å². The molecule has 6 nitrogen and oxygen atoms in total. The van der Waals surface area contributed by atoms with Gasteiger partial charge in [-0.15, -0.1) is 0 Å². The van der Waals surface area contributed by atoms with Crippen LogP contribution < -0.4 is 16.4 Å². The predicted octanol–water partition coefficient (Wildman–Crippen LogP) is -0.199. The van der Waals surface area contributed by atoms with Crippen LogP contribution in [-0.2, 0) is 4.79 Å². The number of nitrogens with two attached hydrogens (primary N) is 1. The Hall–Kier alpha value is -1.76. The van der Waals surface area contributed by atoms with E-state index in [2.05, 4.69) is 20.6 Å². The molecule has 1 heterocycles. The maximum absolute atomic E-state index is 11.4. The molecule has 0 atom stereocenters. The van der Waals surface area contributed by atoms with Gasteiger partial charge >= 0.3 is 0 Å². The standard InChI is InChI=1S/C10H13N5OS/c11-10(17)7-3-13-8(4-12-7)14-5-9(16)15-6-1-2-6/h3-4,6H,1-2,5H2,(H2,11,17)(H,13,14)(H,15,16). The minimum atomic E-state index is -0.0345. The fourth-order valence-corrected chi connectivity index (χ4v) is 1.33. The van der Waals surface area contributed by atoms with Crippen LogP contribution in [0.15, 0.2) is 12.4 Å². The summed E-state index contributed by atoms with van der Waals surface area (Å²) in [6, 6.07) is 0.368. The number of rotatable bonds is 5. The van der Waals surface area contributed by atoms with E-state index in [-0.39, 0.29) is 17.4 Å². The van der Waals surface area contributed by atoms with Crippen molar-refractivity contribution in [3.05, 3.63) is 18.1 Å². The minimum Gasteiger partial charge on any atom is -0.388 e. The van der Waals surface area contributed by atoms with Crippen LogP contribution in [0, 0.1) is 0 Å². The smallest absolute Gasteiger partial charge is 0.239 e. The molecule has 17 heavy (non-hydrogen) atoms. The summed E-state index contributed by atoms with van der Waals surface area (Å²) in [5.41, 5.74) is 5.86. The van der Waals surface area contributed by atoms with Crippen molar-refractivity contribution in [2.45, 2.75) is 18.9 Å². The van der Waals surface area contributed by atoms with Crippen LogP contribution in [0.25, 0.3) is 0 Å². The van der Waals surface area contributed by atoms with Gasteiger partial charge in [0.15, 0.2) is 0 Å². The van der Waals surface area contributed by atoms with E-state index < -0.39 is 0 Å². The third kappa shape index (κ3) is 3.63. The predicted molar refractivity (Wildman–Crippen MR) is 67.6 cm³/mol. The number of thiocarbonyl (C=S) groups is 1. The van der Waals surface area contributed by atoms with Crippen molar-refractivity contribution in [2.75, 3.05) is 11.9 Å². The Bertz CT molecular complexity index is 429. The van der Waals surface area contributed by atoms with E-state index in [4.69, 9.17) is 18.0 Å². The van der Waals surface area contributed by atoms with Crippen LogP contribution >= 0.6 is 12.2 Å². The highest BCUT2D eigenvalue weighted by Crippen LogP contribution is 2.18. The van der Waals surface area contributed by atoms with E-state index in [0.717, 1.165) is 12.8 Å². The van der Waals surface area contributed by atoms with E-state index >= 15 is 0 Å². The number of carbonyl (C=O) groups is 1. The fourth-order valence-electron chi connectivity index (χ4n) is 1.22. The van der Waals surface area contributed by atoms with Crippen LogP contribution in [-0.4, -0.2) is 33.5 Å². The van der Waals surface area contributed by atoms with Gasteiger partial charge in [-0.05, 0) is 12.8 Å². The van der Waals surface area contributed by atoms with E-state index in [1.54, 1.807) is 0 Å². The van der Waals surface area contributed by atoms with Crippen LogP contribution in [0.3, 0.4) is 0 Å². The van der Waals surface area contributed by atoms with Gasteiger partial charge < -0.3 is 16.4 Å². The normalized spacial score (nSPS) is 14.1. The summed E-state index contributed by atoms with van der Waals surface area (Å²) in [7, 11) is 0. The summed E-state index contributed by atoms with van der Waals surface area (Å²) in [6.07, 6.45) is 5.13. The molecule has 0 aliphatic heterocycles. The van der Waals surface area contributed by atoms with Gasteiger partial charge in [0.05, 0.1) is 18.9 Å². The Balaban J connectivity index is 1.81. The maximum Gasteiger partial charge on any atom is 0.239 e. The van der Waals surface area contributed by atoms with Crippen LogP contribution in [0.1, 0.15) is 18.5 Å². The first-order valence-corrected chi connectivity index (χ1v) is 5.71. The molecule has 0 unspecified atom stereocenters. The first kappa shape index (κ1) is 11.7. The highest BCUT2D eigenvalue weighted by molar-refractivity contribution is 7.80. The second-order valence-corrected chi connectivity index (χ2v) is 4.29. The highest BCUT2D eigenvalue weighted by Gasteiger charge is 2.22.